The van der Waals surface area contributed by atoms with E-state index in [2.05, 4.69) is 29.4 Å². The van der Waals surface area contributed by atoms with E-state index >= 15 is 0 Å². The van der Waals surface area contributed by atoms with Crippen LogP contribution < -0.4 is 9.75 Å². The Balaban J connectivity index is 1.42. The Morgan fingerprint density at radius 2 is 1.56 bits per heavy atom. The van der Waals surface area contributed by atoms with Crippen LogP contribution in [0.25, 0.3) is 16.8 Å². The van der Waals surface area contributed by atoms with Crippen LogP contribution in [0.4, 0.5) is 5.69 Å². The maximum atomic E-state index is 13.1. The van der Waals surface area contributed by atoms with Crippen LogP contribution in [-0.4, -0.2) is 11.6 Å². The van der Waals surface area contributed by atoms with Gasteiger partial charge < -0.3 is 4.74 Å². The molecule has 1 heterocycles. The van der Waals surface area contributed by atoms with Gasteiger partial charge >= 0.3 is 0 Å². The third-order valence-electron chi connectivity index (χ3n) is 5.55. The molecule has 0 atom stereocenters. The van der Waals surface area contributed by atoms with Gasteiger partial charge in [0.15, 0.2) is 0 Å². The van der Waals surface area contributed by atoms with Gasteiger partial charge in [0.2, 0.25) is 0 Å². The van der Waals surface area contributed by atoms with Gasteiger partial charge in [0.1, 0.15) is 12.4 Å². The molecular formula is C28H22N2O2. The first kappa shape index (κ1) is 19.8. The quantitative estimate of drug-likeness (QED) is 0.361. The standard InChI is InChI=1S/C28H22N2O2/c1-20-26(28(31)30(29-20)24-14-3-2-4-15-24)18-22-11-6-8-17-27(22)32-19-23-13-9-12-21-10-5-7-16-25(21)23/h2-18H,19H2,1H3/b26-18+. The minimum absolute atomic E-state index is 0.141. The summed E-state index contributed by atoms with van der Waals surface area (Å²) in [5, 5.41) is 8.28. The summed E-state index contributed by atoms with van der Waals surface area (Å²) < 4.78 is 6.21. The van der Waals surface area contributed by atoms with Crippen molar-refractivity contribution in [2.45, 2.75) is 13.5 Å². The van der Waals surface area contributed by atoms with E-state index in [1.54, 1.807) is 0 Å². The van der Waals surface area contributed by atoms with Crippen molar-refractivity contribution in [3.8, 4) is 5.75 Å². The maximum absolute atomic E-state index is 13.1. The number of rotatable bonds is 5. The average molecular weight is 418 g/mol. The molecule has 32 heavy (non-hydrogen) atoms. The van der Waals surface area contributed by atoms with Crippen LogP contribution in [0.5, 0.6) is 5.75 Å². The van der Waals surface area contributed by atoms with Crippen molar-refractivity contribution in [3.63, 3.8) is 0 Å². The highest BCUT2D eigenvalue weighted by molar-refractivity contribution is 6.32. The lowest BCUT2D eigenvalue weighted by molar-refractivity contribution is -0.114. The number of benzene rings is 4. The third-order valence-corrected chi connectivity index (χ3v) is 5.55. The summed E-state index contributed by atoms with van der Waals surface area (Å²) in [7, 11) is 0. The molecule has 0 radical (unpaired) electrons. The minimum atomic E-state index is -0.141. The molecule has 4 heteroatoms. The Labute approximate surface area is 187 Å². The van der Waals surface area contributed by atoms with Crippen molar-refractivity contribution in [2.75, 3.05) is 5.01 Å². The molecule has 0 fully saturated rings. The van der Waals surface area contributed by atoms with E-state index in [0.29, 0.717) is 17.9 Å². The lowest BCUT2D eigenvalue weighted by Gasteiger charge is -2.12. The number of hydrazone groups is 1. The van der Waals surface area contributed by atoms with Crippen LogP contribution in [0, 0.1) is 0 Å². The average Bonchev–Trinajstić information content (AvgIpc) is 3.12. The van der Waals surface area contributed by atoms with E-state index in [1.165, 1.54) is 15.8 Å². The molecular weight excluding hydrogens is 396 g/mol. The zero-order valence-electron chi connectivity index (χ0n) is 17.7. The topological polar surface area (TPSA) is 41.9 Å². The molecule has 0 aromatic heterocycles. The highest BCUT2D eigenvalue weighted by Crippen LogP contribution is 2.28. The fraction of sp³-hybridized carbons (Fsp3) is 0.0714. The Morgan fingerprint density at radius 1 is 0.844 bits per heavy atom. The highest BCUT2D eigenvalue weighted by atomic mass is 16.5. The van der Waals surface area contributed by atoms with Gasteiger partial charge in [-0.25, -0.2) is 0 Å². The van der Waals surface area contributed by atoms with Gasteiger partial charge in [0.25, 0.3) is 5.91 Å². The number of nitrogens with zero attached hydrogens (tertiary/aromatic N) is 2. The van der Waals surface area contributed by atoms with Gasteiger partial charge in [-0.3, -0.25) is 4.79 Å². The van der Waals surface area contributed by atoms with Gasteiger partial charge in [-0.1, -0.05) is 78.9 Å². The summed E-state index contributed by atoms with van der Waals surface area (Å²) in [5.74, 6) is 0.587. The lowest BCUT2D eigenvalue weighted by Crippen LogP contribution is -2.21. The zero-order chi connectivity index (χ0) is 21.9. The second-order valence-electron chi connectivity index (χ2n) is 7.66. The van der Waals surface area contributed by atoms with Crippen molar-refractivity contribution >= 4 is 34.2 Å². The molecule has 1 amide bonds. The van der Waals surface area contributed by atoms with Crippen molar-refractivity contribution in [2.24, 2.45) is 5.10 Å². The molecule has 4 nitrogen and oxygen atoms in total. The van der Waals surface area contributed by atoms with Crippen LogP contribution in [-0.2, 0) is 11.4 Å². The highest BCUT2D eigenvalue weighted by Gasteiger charge is 2.28. The smallest absolute Gasteiger partial charge is 0.280 e. The van der Waals surface area contributed by atoms with Gasteiger partial charge in [0.05, 0.1) is 17.0 Å². The van der Waals surface area contributed by atoms with Crippen LogP contribution in [0.15, 0.2) is 108 Å². The van der Waals surface area contributed by atoms with Gasteiger partial charge in [-0.05, 0) is 47.5 Å². The SMILES string of the molecule is CC1=NN(c2ccccc2)C(=O)/C1=C/c1ccccc1OCc1cccc2ccccc12. The van der Waals surface area contributed by atoms with Gasteiger partial charge in [-0.2, -0.15) is 10.1 Å². The van der Waals surface area contributed by atoms with Gasteiger partial charge in [-0.15, -0.1) is 0 Å². The monoisotopic (exact) mass is 418 g/mol. The molecule has 156 valence electrons. The molecule has 0 unspecified atom stereocenters. The molecule has 0 N–H and O–H groups in total. The molecule has 1 aliphatic rings. The minimum Gasteiger partial charge on any atom is -0.488 e. The number of amides is 1. The fourth-order valence-corrected chi connectivity index (χ4v) is 3.89. The predicted molar refractivity (Wildman–Crippen MR) is 130 cm³/mol. The molecule has 0 saturated heterocycles. The molecule has 1 aliphatic heterocycles. The van der Waals surface area contributed by atoms with Crippen molar-refractivity contribution < 1.29 is 9.53 Å². The number of hydrogen-bond acceptors (Lipinski definition) is 3. The first-order valence-corrected chi connectivity index (χ1v) is 10.6. The molecule has 5 rings (SSSR count). The second kappa shape index (κ2) is 8.52. The molecule has 0 saturated carbocycles. The van der Waals surface area contributed by atoms with E-state index in [4.69, 9.17) is 4.74 Å². The largest absolute Gasteiger partial charge is 0.488 e. The number of para-hydroxylation sites is 2. The van der Waals surface area contributed by atoms with Crippen LogP contribution >= 0.6 is 0 Å². The molecule has 4 aromatic rings. The third kappa shape index (κ3) is 3.79. The summed E-state index contributed by atoms with van der Waals surface area (Å²) in [4.78, 5) is 13.1. The summed E-state index contributed by atoms with van der Waals surface area (Å²) in [6.45, 7) is 2.30. The first-order valence-electron chi connectivity index (χ1n) is 10.6. The van der Waals surface area contributed by atoms with E-state index in [9.17, 15) is 4.79 Å². The number of carbonyl (C=O) groups excluding carboxylic acids is 1. The fourth-order valence-electron chi connectivity index (χ4n) is 3.89. The lowest BCUT2D eigenvalue weighted by atomic mass is 10.0. The first-order chi connectivity index (χ1) is 15.7. The Morgan fingerprint density at radius 3 is 2.44 bits per heavy atom. The summed E-state index contributed by atoms with van der Waals surface area (Å²) in [6, 6.07) is 31.7. The Hall–Kier alpha value is -4.18. The van der Waals surface area contributed by atoms with Gasteiger partial charge in [0, 0.05) is 5.56 Å². The number of hydrogen-bond donors (Lipinski definition) is 0. The predicted octanol–water partition coefficient (Wildman–Crippen LogP) is 6.22. The van der Waals surface area contributed by atoms with Crippen LogP contribution in [0.1, 0.15) is 18.1 Å². The summed E-state index contributed by atoms with van der Waals surface area (Å²) in [6.07, 6.45) is 1.86. The molecule has 0 bridgehead atoms. The number of carbonyl (C=O) groups is 1. The number of fused-ring (bicyclic) bond motifs is 1. The molecule has 0 aliphatic carbocycles. The van der Waals surface area contributed by atoms with Crippen molar-refractivity contribution in [1.82, 2.24) is 0 Å². The Bertz CT molecular complexity index is 1350. The zero-order valence-corrected chi connectivity index (χ0v) is 17.7. The second-order valence-corrected chi connectivity index (χ2v) is 7.66. The Kier molecular flexibility index (Phi) is 5.26. The summed E-state index contributed by atoms with van der Waals surface area (Å²) in [5.41, 5.74) is 3.97. The number of anilines is 1. The van der Waals surface area contributed by atoms with E-state index < -0.39 is 0 Å². The van der Waals surface area contributed by atoms with Crippen molar-refractivity contribution in [3.05, 3.63) is 114 Å². The summed E-state index contributed by atoms with van der Waals surface area (Å²) >= 11 is 0. The van der Waals surface area contributed by atoms with Crippen LogP contribution in [0.3, 0.4) is 0 Å². The maximum Gasteiger partial charge on any atom is 0.280 e. The normalized spacial score (nSPS) is 14.8. The molecule has 4 aromatic carbocycles. The number of ether oxygens (including phenoxy) is 1. The molecule has 0 spiro atoms. The van der Waals surface area contributed by atoms with E-state index in [-0.39, 0.29) is 5.91 Å². The van der Waals surface area contributed by atoms with E-state index in [1.807, 2.05) is 85.8 Å². The van der Waals surface area contributed by atoms with Crippen molar-refractivity contribution in [1.29, 1.82) is 0 Å². The van der Waals surface area contributed by atoms with Crippen LogP contribution in [0.2, 0.25) is 0 Å². The van der Waals surface area contributed by atoms with E-state index in [0.717, 1.165) is 22.6 Å².